The minimum absolute atomic E-state index is 0.0309. The standard InChI is InChI=1S/C23H24N2O4S2/c1-14-5-6-18(16(3)9-14)13-30-22-8-7-19(12-24-22)25-31(28,29)20-10-15(2)17(4)21(11-20)23(26)27/h5-12,25H,13H2,1-4H3,(H,26,27). The van der Waals surface area contributed by atoms with E-state index in [-0.39, 0.29) is 10.5 Å². The Balaban J connectivity index is 1.74. The van der Waals surface area contributed by atoms with E-state index in [1.165, 1.54) is 35.0 Å². The Kier molecular flexibility index (Phi) is 6.71. The Morgan fingerprint density at radius 1 is 1.03 bits per heavy atom. The van der Waals surface area contributed by atoms with Crippen LogP contribution in [0.1, 0.15) is 38.2 Å². The van der Waals surface area contributed by atoms with Gasteiger partial charge < -0.3 is 5.11 Å². The van der Waals surface area contributed by atoms with E-state index in [0.29, 0.717) is 16.8 Å². The van der Waals surface area contributed by atoms with Gasteiger partial charge in [0.2, 0.25) is 0 Å². The second-order valence-electron chi connectivity index (χ2n) is 7.43. The first-order valence-corrected chi connectivity index (χ1v) is 12.1. The Bertz CT molecular complexity index is 1240. The lowest BCUT2D eigenvalue weighted by Gasteiger charge is -2.12. The molecule has 1 aromatic heterocycles. The minimum atomic E-state index is -3.95. The first-order chi connectivity index (χ1) is 14.6. The number of aromatic carboxylic acids is 1. The zero-order valence-electron chi connectivity index (χ0n) is 17.8. The average Bonchev–Trinajstić information content (AvgIpc) is 2.70. The number of aryl methyl sites for hydroxylation is 3. The third-order valence-corrected chi connectivity index (χ3v) is 7.40. The van der Waals surface area contributed by atoms with Gasteiger partial charge in [-0.1, -0.05) is 23.8 Å². The molecule has 6 nitrogen and oxygen atoms in total. The molecule has 0 aliphatic heterocycles. The van der Waals surface area contributed by atoms with Crippen molar-refractivity contribution in [1.82, 2.24) is 4.98 Å². The Labute approximate surface area is 186 Å². The molecule has 0 bridgehead atoms. The summed E-state index contributed by atoms with van der Waals surface area (Å²) in [4.78, 5) is 15.7. The van der Waals surface area contributed by atoms with Crippen LogP contribution in [0.4, 0.5) is 5.69 Å². The summed E-state index contributed by atoms with van der Waals surface area (Å²) in [5, 5.41) is 10.1. The van der Waals surface area contributed by atoms with E-state index >= 15 is 0 Å². The maximum atomic E-state index is 12.8. The molecule has 0 unspecified atom stereocenters. The van der Waals surface area contributed by atoms with Crippen LogP contribution in [0, 0.1) is 27.7 Å². The summed E-state index contributed by atoms with van der Waals surface area (Å²) < 4.78 is 28.0. The van der Waals surface area contributed by atoms with Gasteiger partial charge in [0.1, 0.15) is 0 Å². The van der Waals surface area contributed by atoms with Gasteiger partial charge in [-0.25, -0.2) is 18.2 Å². The van der Waals surface area contributed by atoms with Gasteiger partial charge in [-0.2, -0.15) is 0 Å². The number of rotatable bonds is 7. The van der Waals surface area contributed by atoms with E-state index in [1.54, 1.807) is 37.7 Å². The van der Waals surface area contributed by atoms with Crippen LogP contribution in [-0.2, 0) is 15.8 Å². The Morgan fingerprint density at radius 2 is 1.77 bits per heavy atom. The van der Waals surface area contributed by atoms with Crippen molar-refractivity contribution < 1.29 is 18.3 Å². The van der Waals surface area contributed by atoms with Crippen molar-refractivity contribution in [1.29, 1.82) is 0 Å². The summed E-state index contributed by atoms with van der Waals surface area (Å²) in [5.74, 6) is -0.394. The number of hydrogen-bond acceptors (Lipinski definition) is 5. The van der Waals surface area contributed by atoms with Gasteiger partial charge in [-0.15, -0.1) is 11.8 Å². The number of carboxylic acid groups (broad SMARTS) is 1. The molecular weight excluding hydrogens is 432 g/mol. The van der Waals surface area contributed by atoms with E-state index in [9.17, 15) is 18.3 Å². The van der Waals surface area contributed by atoms with Crippen LogP contribution in [0.3, 0.4) is 0 Å². The topological polar surface area (TPSA) is 96.4 Å². The molecule has 0 spiro atoms. The van der Waals surface area contributed by atoms with Crippen molar-refractivity contribution in [2.24, 2.45) is 0 Å². The number of nitrogens with zero attached hydrogens (tertiary/aromatic N) is 1. The predicted octanol–water partition coefficient (Wildman–Crippen LogP) is 5.11. The lowest BCUT2D eigenvalue weighted by atomic mass is 10.0. The first-order valence-electron chi connectivity index (χ1n) is 9.59. The van der Waals surface area contributed by atoms with E-state index in [4.69, 9.17) is 0 Å². The molecule has 3 aromatic rings. The van der Waals surface area contributed by atoms with Crippen LogP contribution in [0.2, 0.25) is 0 Å². The summed E-state index contributed by atoms with van der Waals surface area (Å²) >= 11 is 1.57. The van der Waals surface area contributed by atoms with Crippen LogP contribution in [0.15, 0.2) is 58.6 Å². The first kappa shape index (κ1) is 22.8. The number of carboxylic acids is 1. The Hall–Kier alpha value is -2.84. The lowest BCUT2D eigenvalue weighted by molar-refractivity contribution is 0.0695. The molecule has 0 radical (unpaired) electrons. The molecule has 1 heterocycles. The number of benzene rings is 2. The van der Waals surface area contributed by atoms with Gasteiger partial charge >= 0.3 is 5.97 Å². The summed E-state index contributed by atoms with van der Waals surface area (Å²) in [6.45, 7) is 7.48. The highest BCUT2D eigenvalue weighted by Crippen LogP contribution is 2.26. The van der Waals surface area contributed by atoms with Crippen molar-refractivity contribution in [3.8, 4) is 0 Å². The van der Waals surface area contributed by atoms with E-state index in [2.05, 4.69) is 41.8 Å². The fraction of sp³-hybridized carbons (Fsp3) is 0.217. The maximum absolute atomic E-state index is 12.8. The average molecular weight is 457 g/mol. The third-order valence-electron chi connectivity index (χ3n) is 5.04. The molecule has 162 valence electrons. The van der Waals surface area contributed by atoms with E-state index < -0.39 is 16.0 Å². The van der Waals surface area contributed by atoms with Crippen molar-refractivity contribution in [2.75, 3.05) is 4.72 Å². The predicted molar refractivity (Wildman–Crippen MR) is 123 cm³/mol. The van der Waals surface area contributed by atoms with Crippen LogP contribution in [-0.4, -0.2) is 24.5 Å². The van der Waals surface area contributed by atoms with Gasteiger partial charge in [0, 0.05) is 5.75 Å². The fourth-order valence-corrected chi connectivity index (χ4v) is 5.18. The molecule has 0 saturated carbocycles. The molecular formula is C23H24N2O4S2. The van der Waals surface area contributed by atoms with Crippen LogP contribution >= 0.6 is 11.8 Å². The molecule has 2 aromatic carbocycles. The Morgan fingerprint density at radius 3 is 2.39 bits per heavy atom. The van der Waals surface area contributed by atoms with Gasteiger partial charge in [-0.05, 0) is 74.2 Å². The number of hydrogen-bond donors (Lipinski definition) is 2. The molecule has 8 heteroatoms. The SMILES string of the molecule is Cc1ccc(CSc2ccc(NS(=O)(=O)c3cc(C)c(C)c(C(=O)O)c3)cn2)c(C)c1. The summed E-state index contributed by atoms with van der Waals surface area (Å²) in [6, 6.07) is 12.4. The van der Waals surface area contributed by atoms with Crippen molar-refractivity contribution in [3.05, 3.63) is 82.0 Å². The molecule has 0 atom stereocenters. The molecule has 0 aliphatic carbocycles. The maximum Gasteiger partial charge on any atom is 0.336 e. The zero-order valence-corrected chi connectivity index (χ0v) is 19.4. The smallest absolute Gasteiger partial charge is 0.336 e. The van der Waals surface area contributed by atoms with Gasteiger partial charge in [-0.3, -0.25) is 4.72 Å². The van der Waals surface area contributed by atoms with E-state index in [0.717, 1.165) is 10.8 Å². The summed E-state index contributed by atoms with van der Waals surface area (Å²) in [5.41, 5.74) is 5.09. The lowest BCUT2D eigenvalue weighted by Crippen LogP contribution is -2.15. The molecule has 0 fully saturated rings. The number of pyridine rings is 1. The second kappa shape index (κ2) is 9.11. The summed E-state index contributed by atoms with van der Waals surface area (Å²) in [6.07, 6.45) is 1.46. The van der Waals surface area contributed by atoms with Crippen molar-refractivity contribution in [3.63, 3.8) is 0 Å². The summed E-state index contributed by atoms with van der Waals surface area (Å²) in [7, 11) is -3.95. The number of nitrogens with one attached hydrogen (secondary N) is 1. The molecule has 0 saturated heterocycles. The molecule has 0 aliphatic rings. The normalized spacial score (nSPS) is 11.4. The minimum Gasteiger partial charge on any atom is -0.478 e. The van der Waals surface area contributed by atoms with Crippen LogP contribution < -0.4 is 4.72 Å². The zero-order chi connectivity index (χ0) is 22.8. The molecule has 0 amide bonds. The molecule has 3 rings (SSSR count). The monoisotopic (exact) mass is 456 g/mol. The highest BCUT2D eigenvalue weighted by molar-refractivity contribution is 7.98. The quantitative estimate of drug-likeness (QED) is 0.480. The number of anilines is 1. The van der Waals surface area contributed by atoms with Crippen molar-refractivity contribution in [2.45, 2.75) is 43.4 Å². The van der Waals surface area contributed by atoms with Crippen LogP contribution in [0.25, 0.3) is 0 Å². The number of sulfonamides is 1. The van der Waals surface area contributed by atoms with Gasteiger partial charge in [0.25, 0.3) is 10.0 Å². The van der Waals surface area contributed by atoms with E-state index in [1.807, 2.05) is 0 Å². The van der Waals surface area contributed by atoms with Crippen molar-refractivity contribution >= 4 is 33.4 Å². The number of carbonyl (C=O) groups is 1. The highest BCUT2D eigenvalue weighted by atomic mass is 32.2. The molecule has 2 N–H and O–H groups in total. The van der Waals surface area contributed by atoms with Crippen LogP contribution in [0.5, 0.6) is 0 Å². The number of thioether (sulfide) groups is 1. The third kappa shape index (κ3) is 5.45. The second-order valence-corrected chi connectivity index (χ2v) is 10.1. The fourth-order valence-electron chi connectivity index (χ4n) is 3.10. The van der Waals surface area contributed by atoms with Gasteiger partial charge in [0.15, 0.2) is 0 Å². The largest absolute Gasteiger partial charge is 0.478 e. The molecule has 31 heavy (non-hydrogen) atoms. The van der Waals surface area contributed by atoms with Gasteiger partial charge in [0.05, 0.1) is 27.4 Å². The number of aromatic nitrogens is 1. The highest BCUT2D eigenvalue weighted by Gasteiger charge is 2.20.